The van der Waals surface area contributed by atoms with Crippen LogP contribution >= 0.6 is 11.6 Å². The second-order valence-electron chi connectivity index (χ2n) is 5.41. The van der Waals surface area contributed by atoms with Gasteiger partial charge >= 0.3 is 0 Å². The Balaban J connectivity index is 2.61. The number of hydrogen-bond acceptors (Lipinski definition) is 3. The van der Waals surface area contributed by atoms with Crippen LogP contribution in [0.4, 0.5) is 4.39 Å². The molecule has 0 N–H and O–H groups in total. The summed E-state index contributed by atoms with van der Waals surface area (Å²) in [6.07, 6.45) is 1.19. The van der Waals surface area contributed by atoms with Crippen molar-refractivity contribution in [3.8, 4) is 0 Å². The van der Waals surface area contributed by atoms with E-state index in [4.69, 9.17) is 11.6 Å². The van der Waals surface area contributed by atoms with Crippen LogP contribution < -0.4 is 0 Å². The Hall–Kier alpha value is -1.14. The number of hydrogen-bond donors (Lipinski definition) is 0. The van der Waals surface area contributed by atoms with Crippen LogP contribution in [0.15, 0.2) is 18.2 Å². The van der Waals surface area contributed by atoms with Crippen molar-refractivity contribution < 1.29 is 12.8 Å². The molecule has 2 rings (SSSR count). The van der Waals surface area contributed by atoms with Crippen molar-refractivity contribution in [3.05, 3.63) is 29.8 Å². The zero-order valence-electron chi connectivity index (χ0n) is 11.5. The largest absolute Gasteiger partial charge is 0.325 e. The van der Waals surface area contributed by atoms with Crippen LogP contribution in [0, 0.1) is 5.82 Å². The van der Waals surface area contributed by atoms with E-state index in [1.807, 2.05) is 0 Å². The van der Waals surface area contributed by atoms with Crippen molar-refractivity contribution in [3.63, 3.8) is 0 Å². The standard InChI is InChI=1S/C13H16ClFN2O2S/c1-13(2,20(3,18)19)8-17-11-6-9(15)4-5-10(11)16-12(17)7-14/h4-6H,7-8H2,1-3H3. The molecule has 0 radical (unpaired) electrons. The number of nitrogens with zero attached hydrogens (tertiary/aromatic N) is 2. The van der Waals surface area contributed by atoms with Gasteiger partial charge in [0.1, 0.15) is 11.6 Å². The zero-order chi connectivity index (χ0) is 15.1. The van der Waals surface area contributed by atoms with Gasteiger partial charge in [-0.05, 0) is 32.0 Å². The Bertz CT molecular complexity index is 753. The zero-order valence-corrected chi connectivity index (χ0v) is 13.1. The predicted molar refractivity (Wildman–Crippen MR) is 78.2 cm³/mol. The summed E-state index contributed by atoms with van der Waals surface area (Å²) < 4.78 is 37.8. The van der Waals surface area contributed by atoms with Gasteiger partial charge in [-0.2, -0.15) is 0 Å². The molecule has 0 bridgehead atoms. The summed E-state index contributed by atoms with van der Waals surface area (Å²) in [5.41, 5.74) is 1.16. The first-order chi connectivity index (χ1) is 9.15. The van der Waals surface area contributed by atoms with Crippen LogP contribution in [0.1, 0.15) is 19.7 Å². The maximum atomic E-state index is 13.4. The minimum Gasteiger partial charge on any atom is -0.325 e. The summed E-state index contributed by atoms with van der Waals surface area (Å²) in [7, 11) is -3.27. The topological polar surface area (TPSA) is 52.0 Å². The van der Waals surface area contributed by atoms with Crippen molar-refractivity contribution >= 4 is 32.5 Å². The van der Waals surface area contributed by atoms with E-state index in [0.29, 0.717) is 16.9 Å². The van der Waals surface area contributed by atoms with Gasteiger partial charge in [0.05, 0.1) is 21.7 Å². The summed E-state index contributed by atoms with van der Waals surface area (Å²) >= 11 is 5.86. The van der Waals surface area contributed by atoms with Gasteiger partial charge in [0.15, 0.2) is 9.84 Å². The lowest BCUT2D eigenvalue weighted by Gasteiger charge is -2.24. The van der Waals surface area contributed by atoms with E-state index in [-0.39, 0.29) is 12.4 Å². The number of halogens is 2. The fraction of sp³-hybridized carbons (Fsp3) is 0.462. The molecule has 0 saturated heterocycles. The number of benzene rings is 1. The molecular weight excluding hydrogens is 303 g/mol. The summed E-state index contributed by atoms with van der Waals surface area (Å²) in [5.74, 6) is 0.275. The molecule has 110 valence electrons. The second-order valence-corrected chi connectivity index (χ2v) is 8.33. The van der Waals surface area contributed by atoms with Gasteiger partial charge in [-0.1, -0.05) is 0 Å². The van der Waals surface area contributed by atoms with Crippen LogP contribution in [-0.2, 0) is 22.3 Å². The molecule has 0 aliphatic heterocycles. The van der Waals surface area contributed by atoms with Gasteiger partial charge in [0.25, 0.3) is 0 Å². The quantitative estimate of drug-likeness (QED) is 0.814. The molecule has 0 amide bonds. The molecule has 0 saturated carbocycles. The summed E-state index contributed by atoms with van der Waals surface area (Å²) in [5, 5.41) is 0. The van der Waals surface area contributed by atoms with Crippen LogP contribution in [0.25, 0.3) is 11.0 Å². The molecular formula is C13H16ClFN2O2S. The number of imidazole rings is 1. The molecule has 20 heavy (non-hydrogen) atoms. The van der Waals surface area contributed by atoms with Gasteiger partial charge in [0.2, 0.25) is 0 Å². The first kappa shape index (κ1) is 15.3. The third-order valence-electron chi connectivity index (χ3n) is 3.45. The smallest absolute Gasteiger partial charge is 0.154 e. The van der Waals surface area contributed by atoms with Crippen molar-refractivity contribution in [1.82, 2.24) is 9.55 Å². The van der Waals surface area contributed by atoms with Crippen LogP contribution in [0.5, 0.6) is 0 Å². The third kappa shape index (κ3) is 2.67. The highest BCUT2D eigenvalue weighted by molar-refractivity contribution is 7.92. The molecule has 0 spiro atoms. The van der Waals surface area contributed by atoms with Gasteiger partial charge < -0.3 is 4.57 Å². The lowest BCUT2D eigenvalue weighted by molar-refractivity contribution is 0.502. The van der Waals surface area contributed by atoms with Crippen LogP contribution in [-0.4, -0.2) is 29.0 Å². The molecule has 7 heteroatoms. The number of alkyl halides is 1. The van der Waals surface area contributed by atoms with E-state index in [2.05, 4.69) is 4.98 Å². The number of aromatic nitrogens is 2. The summed E-state index contributed by atoms with van der Waals surface area (Å²) in [6.45, 7) is 3.44. The fourth-order valence-corrected chi connectivity index (χ4v) is 2.49. The molecule has 1 heterocycles. The van der Waals surface area contributed by atoms with E-state index in [0.717, 1.165) is 0 Å². The summed E-state index contributed by atoms with van der Waals surface area (Å²) in [4.78, 5) is 4.31. The Labute approximate surface area is 122 Å². The predicted octanol–water partition coefficient (Wildman–Crippen LogP) is 2.74. The Morgan fingerprint density at radius 2 is 2.05 bits per heavy atom. The Kier molecular flexibility index (Phi) is 3.81. The monoisotopic (exact) mass is 318 g/mol. The number of sulfone groups is 1. The SMILES string of the molecule is CC(C)(Cn1c(CCl)nc2ccc(F)cc21)S(C)(=O)=O. The van der Waals surface area contributed by atoms with Gasteiger partial charge in [0, 0.05) is 12.8 Å². The second kappa shape index (κ2) is 5.00. The molecule has 0 fully saturated rings. The molecule has 4 nitrogen and oxygen atoms in total. The lowest BCUT2D eigenvalue weighted by atomic mass is 10.2. The molecule has 0 unspecified atom stereocenters. The molecule has 0 atom stereocenters. The van der Waals surface area contributed by atoms with Crippen LogP contribution in [0.3, 0.4) is 0 Å². The molecule has 1 aromatic carbocycles. The van der Waals surface area contributed by atoms with Crippen molar-refractivity contribution in [2.45, 2.75) is 31.0 Å². The fourth-order valence-electron chi connectivity index (χ4n) is 1.92. The van der Waals surface area contributed by atoms with Crippen molar-refractivity contribution in [1.29, 1.82) is 0 Å². The van der Waals surface area contributed by atoms with E-state index in [1.54, 1.807) is 24.5 Å². The van der Waals surface area contributed by atoms with Gasteiger partial charge in [-0.25, -0.2) is 17.8 Å². The minimum absolute atomic E-state index is 0.135. The Morgan fingerprint density at radius 1 is 1.40 bits per heavy atom. The summed E-state index contributed by atoms with van der Waals surface area (Å²) in [6, 6.07) is 4.22. The van der Waals surface area contributed by atoms with Crippen molar-refractivity contribution in [2.24, 2.45) is 0 Å². The van der Waals surface area contributed by atoms with E-state index < -0.39 is 20.4 Å². The van der Waals surface area contributed by atoms with Crippen LogP contribution in [0.2, 0.25) is 0 Å². The third-order valence-corrected chi connectivity index (χ3v) is 5.83. The maximum Gasteiger partial charge on any atom is 0.154 e. The Morgan fingerprint density at radius 3 is 2.60 bits per heavy atom. The molecule has 0 aliphatic carbocycles. The number of rotatable bonds is 4. The first-order valence-corrected chi connectivity index (χ1v) is 8.48. The first-order valence-electron chi connectivity index (χ1n) is 6.06. The highest BCUT2D eigenvalue weighted by Gasteiger charge is 2.32. The van der Waals surface area contributed by atoms with Gasteiger partial charge in [-0.3, -0.25) is 0 Å². The highest BCUT2D eigenvalue weighted by Crippen LogP contribution is 2.24. The normalized spacial score (nSPS) is 13.1. The van der Waals surface area contributed by atoms with E-state index in [1.165, 1.54) is 18.4 Å². The lowest BCUT2D eigenvalue weighted by Crippen LogP contribution is -2.36. The van der Waals surface area contributed by atoms with Gasteiger partial charge in [-0.15, -0.1) is 11.6 Å². The van der Waals surface area contributed by atoms with E-state index >= 15 is 0 Å². The molecule has 1 aromatic heterocycles. The average molecular weight is 319 g/mol. The highest BCUT2D eigenvalue weighted by atomic mass is 35.5. The van der Waals surface area contributed by atoms with Crippen molar-refractivity contribution in [2.75, 3.05) is 6.26 Å². The average Bonchev–Trinajstić information content (AvgIpc) is 2.65. The molecule has 0 aliphatic rings. The number of fused-ring (bicyclic) bond motifs is 1. The molecule has 2 aromatic rings. The van der Waals surface area contributed by atoms with E-state index in [9.17, 15) is 12.8 Å². The maximum absolute atomic E-state index is 13.4. The minimum atomic E-state index is -3.27.